The molecule has 0 heterocycles. The van der Waals surface area contributed by atoms with Crippen LogP contribution in [0.4, 0.5) is 4.39 Å². The Balaban J connectivity index is 2.42. The molecule has 1 N–H and O–H groups in total. The van der Waals surface area contributed by atoms with Crippen LogP contribution < -0.4 is 10.1 Å². The molecule has 2 rings (SSSR count). The smallest absolute Gasteiger partial charge is 0.132 e. The van der Waals surface area contributed by atoms with Crippen LogP contribution in [0.15, 0.2) is 42.5 Å². The third-order valence-corrected chi connectivity index (χ3v) is 3.66. The molecule has 2 aromatic carbocycles. The van der Waals surface area contributed by atoms with Crippen LogP contribution in [0, 0.1) is 9.39 Å². The van der Waals surface area contributed by atoms with Crippen LogP contribution in [-0.2, 0) is 0 Å². The lowest BCUT2D eigenvalue weighted by molar-refractivity contribution is 0.410. The van der Waals surface area contributed by atoms with Gasteiger partial charge in [0, 0.05) is 15.2 Å². The fourth-order valence-corrected chi connectivity index (χ4v) is 2.62. The summed E-state index contributed by atoms with van der Waals surface area (Å²) in [6.45, 7) is 0. The lowest BCUT2D eigenvalue weighted by atomic mass is 9.98. The second-order valence-electron chi connectivity index (χ2n) is 4.16. The Morgan fingerprint density at radius 3 is 2.58 bits per heavy atom. The molecule has 1 unspecified atom stereocenters. The van der Waals surface area contributed by atoms with Gasteiger partial charge in [-0.1, -0.05) is 18.2 Å². The van der Waals surface area contributed by atoms with E-state index in [1.165, 1.54) is 13.2 Å². The molecule has 0 aromatic heterocycles. The highest BCUT2D eigenvalue weighted by atomic mass is 127. The predicted octanol–water partition coefficient (Wildman–Crippen LogP) is 3.75. The second kappa shape index (κ2) is 6.34. The van der Waals surface area contributed by atoms with Crippen molar-refractivity contribution in [3.05, 3.63) is 63.0 Å². The minimum absolute atomic E-state index is 0.166. The van der Waals surface area contributed by atoms with Gasteiger partial charge < -0.3 is 10.1 Å². The first kappa shape index (κ1) is 14.3. The van der Waals surface area contributed by atoms with Crippen molar-refractivity contribution < 1.29 is 9.13 Å². The van der Waals surface area contributed by atoms with E-state index < -0.39 is 0 Å². The van der Waals surface area contributed by atoms with Crippen molar-refractivity contribution in [2.45, 2.75) is 6.04 Å². The minimum Gasteiger partial charge on any atom is -0.497 e. The summed E-state index contributed by atoms with van der Waals surface area (Å²) >= 11 is 2.25. The number of nitrogens with one attached hydrogen (secondary N) is 1. The fourth-order valence-electron chi connectivity index (χ4n) is 2.06. The van der Waals surface area contributed by atoms with Gasteiger partial charge in [0.05, 0.1) is 13.2 Å². The lowest BCUT2D eigenvalue weighted by Crippen LogP contribution is -2.19. The standard InChI is InChI=1S/C15H15FINO/c1-18-15(10-4-3-5-11(17)8-10)13-7-6-12(19-2)9-14(13)16/h3-9,15,18H,1-2H3. The van der Waals surface area contributed by atoms with Crippen LogP contribution in [0.1, 0.15) is 17.2 Å². The van der Waals surface area contributed by atoms with E-state index in [4.69, 9.17) is 4.74 Å². The molecule has 0 saturated heterocycles. The minimum atomic E-state index is -0.266. The van der Waals surface area contributed by atoms with Crippen molar-refractivity contribution >= 4 is 22.6 Å². The van der Waals surface area contributed by atoms with E-state index in [1.807, 2.05) is 31.3 Å². The van der Waals surface area contributed by atoms with Gasteiger partial charge >= 0.3 is 0 Å². The molecule has 0 spiro atoms. The molecule has 0 radical (unpaired) electrons. The summed E-state index contributed by atoms with van der Waals surface area (Å²) in [5, 5.41) is 3.16. The Morgan fingerprint density at radius 2 is 2.00 bits per heavy atom. The van der Waals surface area contributed by atoms with Crippen LogP contribution in [0.25, 0.3) is 0 Å². The number of methoxy groups -OCH3 is 1. The number of rotatable bonds is 4. The quantitative estimate of drug-likeness (QED) is 0.827. The van der Waals surface area contributed by atoms with Gasteiger partial charge in [0.2, 0.25) is 0 Å². The highest BCUT2D eigenvalue weighted by Gasteiger charge is 2.16. The van der Waals surface area contributed by atoms with Crippen LogP contribution in [0.2, 0.25) is 0 Å². The van der Waals surface area contributed by atoms with Crippen molar-refractivity contribution in [1.82, 2.24) is 5.32 Å². The van der Waals surface area contributed by atoms with Crippen LogP contribution in [0.5, 0.6) is 5.75 Å². The number of benzene rings is 2. The van der Waals surface area contributed by atoms with Crippen molar-refractivity contribution in [2.75, 3.05) is 14.2 Å². The number of ether oxygens (including phenoxy) is 1. The highest BCUT2D eigenvalue weighted by molar-refractivity contribution is 14.1. The molecule has 0 aliphatic carbocycles. The van der Waals surface area contributed by atoms with Gasteiger partial charge in [-0.3, -0.25) is 0 Å². The predicted molar refractivity (Wildman–Crippen MR) is 83.0 cm³/mol. The summed E-state index contributed by atoms with van der Waals surface area (Å²) in [4.78, 5) is 0. The maximum atomic E-state index is 14.1. The Kier molecular flexibility index (Phi) is 4.76. The zero-order valence-corrected chi connectivity index (χ0v) is 12.9. The number of hydrogen-bond acceptors (Lipinski definition) is 2. The first-order valence-electron chi connectivity index (χ1n) is 5.92. The molecule has 2 nitrogen and oxygen atoms in total. The van der Waals surface area contributed by atoms with Crippen molar-refractivity contribution in [2.24, 2.45) is 0 Å². The monoisotopic (exact) mass is 371 g/mol. The molecule has 0 amide bonds. The van der Waals surface area contributed by atoms with Crippen molar-refractivity contribution in [1.29, 1.82) is 0 Å². The Labute approximate surface area is 126 Å². The summed E-state index contributed by atoms with van der Waals surface area (Å²) in [5.41, 5.74) is 1.66. The van der Waals surface area contributed by atoms with Crippen LogP contribution >= 0.6 is 22.6 Å². The highest BCUT2D eigenvalue weighted by Crippen LogP contribution is 2.27. The maximum absolute atomic E-state index is 14.1. The Bertz CT molecular complexity index is 574. The molecule has 0 aliphatic rings. The van der Waals surface area contributed by atoms with Gasteiger partial charge in [0.25, 0.3) is 0 Å². The van der Waals surface area contributed by atoms with E-state index >= 15 is 0 Å². The number of halogens is 2. The Morgan fingerprint density at radius 1 is 1.21 bits per heavy atom. The summed E-state index contributed by atoms with van der Waals surface area (Å²) in [6.07, 6.45) is 0. The second-order valence-corrected chi connectivity index (χ2v) is 5.41. The lowest BCUT2D eigenvalue weighted by Gasteiger charge is -2.18. The molecule has 100 valence electrons. The van der Waals surface area contributed by atoms with E-state index in [2.05, 4.69) is 27.9 Å². The summed E-state index contributed by atoms with van der Waals surface area (Å²) in [5.74, 6) is 0.260. The fraction of sp³-hybridized carbons (Fsp3) is 0.200. The summed E-state index contributed by atoms with van der Waals surface area (Å²) < 4.78 is 20.3. The zero-order valence-electron chi connectivity index (χ0n) is 10.8. The van der Waals surface area contributed by atoms with Gasteiger partial charge in [0.15, 0.2) is 0 Å². The SMILES string of the molecule is CNC(c1cccc(I)c1)c1ccc(OC)cc1F. The third kappa shape index (κ3) is 3.25. The summed E-state index contributed by atoms with van der Waals surface area (Å²) in [6, 6.07) is 12.8. The molecule has 0 bridgehead atoms. The van der Waals surface area contributed by atoms with Gasteiger partial charge in [-0.15, -0.1) is 0 Å². The topological polar surface area (TPSA) is 21.3 Å². The zero-order chi connectivity index (χ0) is 13.8. The molecule has 1 atom stereocenters. The first-order valence-corrected chi connectivity index (χ1v) is 6.99. The molecule has 0 saturated carbocycles. The normalized spacial score (nSPS) is 12.2. The van der Waals surface area contributed by atoms with E-state index in [0.717, 1.165) is 9.13 Å². The van der Waals surface area contributed by atoms with E-state index in [9.17, 15) is 4.39 Å². The van der Waals surface area contributed by atoms with E-state index in [0.29, 0.717) is 11.3 Å². The third-order valence-electron chi connectivity index (χ3n) is 2.99. The molecule has 0 fully saturated rings. The van der Waals surface area contributed by atoms with Crippen molar-refractivity contribution in [3.8, 4) is 5.75 Å². The molecular formula is C15H15FINO. The van der Waals surface area contributed by atoms with Gasteiger partial charge in [-0.05, 0) is 53.4 Å². The van der Waals surface area contributed by atoms with Crippen LogP contribution in [-0.4, -0.2) is 14.2 Å². The Hall–Kier alpha value is -1.14. The molecule has 4 heteroatoms. The summed E-state index contributed by atoms with van der Waals surface area (Å²) in [7, 11) is 3.36. The first-order chi connectivity index (χ1) is 9.15. The number of hydrogen-bond donors (Lipinski definition) is 1. The van der Waals surface area contributed by atoms with E-state index in [-0.39, 0.29) is 11.9 Å². The van der Waals surface area contributed by atoms with E-state index in [1.54, 1.807) is 12.1 Å². The van der Waals surface area contributed by atoms with Gasteiger partial charge in [0.1, 0.15) is 11.6 Å². The van der Waals surface area contributed by atoms with Gasteiger partial charge in [-0.2, -0.15) is 0 Å². The average Bonchev–Trinajstić information content (AvgIpc) is 2.41. The average molecular weight is 371 g/mol. The van der Waals surface area contributed by atoms with Gasteiger partial charge in [-0.25, -0.2) is 4.39 Å². The molecule has 2 aromatic rings. The molecule has 0 aliphatic heterocycles. The molecular weight excluding hydrogens is 356 g/mol. The maximum Gasteiger partial charge on any atom is 0.132 e. The van der Waals surface area contributed by atoms with Crippen LogP contribution in [0.3, 0.4) is 0 Å². The molecule has 19 heavy (non-hydrogen) atoms. The largest absolute Gasteiger partial charge is 0.497 e. The van der Waals surface area contributed by atoms with Crippen molar-refractivity contribution in [3.63, 3.8) is 0 Å².